The molecule has 1 aliphatic heterocycles. The second-order valence-electron chi connectivity index (χ2n) is 7.57. The summed E-state index contributed by atoms with van der Waals surface area (Å²) in [7, 11) is 0. The maximum atomic E-state index is 12.7. The van der Waals surface area contributed by atoms with Crippen molar-refractivity contribution < 1.29 is 19.2 Å². The van der Waals surface area contributed by atoms with Gasteiger partial charge in [-0.3, -0.25) is 19.8 Å². The van der Waals surface area contributed by atoms with E-state index in [-0.39, 0.29) is 5.91 Å². The first kappa shape index (κ1) is 18.2. The molecule has 0 aromatic heterocycles. The third kappa shape index (κ3) is 4.24. The fourth-order valence-electron chi connectivity index (χ4n) is 3.17. The summed E-state index contributed by atoms with van der Waals surface area (Å²) >= 11 is 0. The molecule has 2 fully saturated rings. The van der Waals surface area contributed by atoms with E-state index in [9.17, 15) is 19.2 Å². The van der Waals surface area contributed by atoms with Crippen molar-refractivity contribution in [3.63, 3.8) is 0 Å². The number of hydrogen-bond acceptors (Lipinski definition) is 4. The standard InChI is InChI=1S/C16H26N4O4/c1-15(2,3)18-13(23)17-11(21)10-20-12(22)16(19-14(20)24)8-6-4-5-7-9-16/h4-10H2,1-3H3,(H,19,24)(H2,17,18,21,23). The second-order valence-corrected chi connectivity index (χ2v) is 7.57. The Hall–Kier alpha value is -2.12. The van der Waals surface area contributed by atoms with Crippen molar-refractivity contribution in [2.45, 2.75) is 70.4 Å². The minimum atomic E-state index is -0.873. The molecule has 6 amide bonds. The SMILES string of the molecule is CC(C)(C)NC(=O)NC(=O)CN1C(=O)NC2(CCCCCC2)C1=O. The highest BCUT2D eigenvalue weighted by molar-refractivity contribution is 6.10. The van der Waals surface area contributed by atoms with Gasteiger partial charge in [0.25, 0.3) is 5.91 Å². The molecule has 1 heterocycles. The van der Waals surface area contributed by atoms with Gasteiger partial charge in [-0.1, -0.05) is 25.7 Å². The van der Waals surface area contributed by atoms with E-state index < -0.39 is 35.6 Å². The molecule has 0 radical (unpaired) electrons. The third-order valence-corrected chi connectivity index (χ3v) is 4.25. The van der Waals surface area contributed by atoms with Crippen molar-refractivity contribution in [2.75, 3.05) is 6.54 Å². The fourth-order valence-corrected chi connectivity index (χ4v) is 3.17. The van der Waals surface area contributed by atoms with Gasteiger partial charge in [-0.2, -0.15) is 0 Å². The number of nitrogens with one attached hydrogen (secondary N) is 3. The molecule has 8 heteroatoms. The van der Waals surface area contributed by atoms with Crippen LogP contribution < -0.4 is 16.0 Å². The van der Waals surface area contributed by atoms with Gasteiger partial charge >= 0.3 is 12.1 Å². The summed E-state index contributed by atoms with van der Waals surface area (Å²) in [4.78, 5) is 49.4. The number of carbonyl (C=O) groups excluding carboxylic acids is 4. The van der Waals surface area contributed by atoms with Crippen molar-refractivity contribution in [3.05, 3.63) is 0 Å². The maximum Gasteiger partial charge on any atom is 0.325 e. The quantitative estimate of drug-likeness (QED) is 0.659. The summed E-state index contributed by atoms with van der Waals surface area (Å²) in [5.41, 5.74) is -1.36. The van der Waals surface area contributed by atoms with Crippen molar-refractivity contribution in [2.24, 2.45) is 0 Å². The highest BCUT2D eigenvalue weighted by atomic mass is 16.2. The molecule has 0 unspecified atom stereocenters. The van der Waals surface area contributed by atoms with Crippen molar-refractivity contribution in [1.82, 2.24) is 20.9 Å². The van der Waals surface area contributed by atoms with Crippen LogP contribution in [0.1, 0.15) is 59.3 Å². The Bertz CT molecular complexity index is 545. The zero-order valence-corrected chi connectivity index (χ0v) is 14.5. The number of amides is 6. The van der Waals surface area contributed by atoms with Crippen LogP contribution in [0.3, 0.4) is 0 Å². The smallest absolute Gasteiger partial charge is 0.325 e. The second kappa shape index (κ2) is 6.78. The Balaban J connectivity index is 1.97. The highest BCUT2D eigenvalue weighted by Gasteiger charge is 2.51. The Morgan fingerprint density at radius 3 is 2.25 bits per heavy atom. The topological polar surface area (TPSA) is 108 Å². The first-order chi connectivity index (χ1) is 11.1. The monoisotopic (exact) mass is 338 g/mol. The Kier molecular flexibility index (Phi) is 5.15. The molecule has 1 saturated carbocycles. The van der Waals surface area contributed by atoms with Gasteiger partial charge < -0.3 is 10.6 Å². The van der Waals surface area contributed by atoms with Crippen LogP contribution in [0, 0.1) is 0 Å². The molecule has 24 heavy (non-hydrogen) atoms. The average molecular weight is 338 g/mol. The maximum absolute atomic E-state index is 12.7. The van der Waals surface area contributed by atoms with Gasteiger partial charge in [0, 0.05) is 5.54 Å². The zero-order chi connectivity index (χ0) is 18.0. The van der Waals surface area contributed by atoms with Gasteiger partial charge in [-0.25, -0.2) is 9.59 Å². The summed E-state index contributed by atoms with van der Waals surface area (Å²) in [6.45, 7) is 4.89. The predicted octanol–water partition coefficient (Wildman–Crippen LogP) is 1.26. The van der Waals surface area contributed by atoms with Crippen LogP contribution in [0.5, 0.6) is 0 Å². The summed E-state index contributed by atoms with van der Waals surface area (Å²) in [6, 6.07) is -1.21. The largest absolute Gasteiger partial charge is 0.333 e. The molecule has 1 saturated heterocycles. The molecule has 0 aromatic rings. The highest BCUT2D eigenvalue weighted by Crippen LogP contribution is 2.32. The van der Waals surface area contributed by atoms with Crippen LogP contribution in [0.15, 0.2) is 0 Å². The molecule has 0 atom stereocenters. The minimum Gasteiger partial charge on any atom is -0.333 e. The number of urea groups is 2. The van der Waals surface area contributed by atoms with E-state index in [4.69, 9.17) is 0 Å². The van der Waals surface area contributed by atoms with Gasteiger partial charge in [0.1, 0.15) is 12.1 Å². The van der Waals surface area contributed by atoms with Crippen LogP contribution in [-0.2, 0) is 9.59 Å². The lowest BCUT2D eigenvalue weighted by molar-refractivity contribution is -0.135. The molecular formula is C16H26N4O4. The van der Waals surface area contributed by atoms with E-state index >= 15 is 0 Å². The van der Waals surface area contributed by atoms with Gasteiger partial charge in [0.15, 0.2) is 0 Å². The van der Waals surface area contributed by atoms with E-state index in [2.05, 4.69) is 16.0 Å². The molecule has 1 aliphatic carbocycles. The van der Waals surface area contributed by atoms with Gasteiger partial charge in [0.05, 0.1) is 0 Å². The van der Waals surface area contributed by atoms with E-state index in [0.29, 0.717) is 12.8 Å². The normalized spacial score (nSPS) is 20.5. The summed E-state index contributed by atoms with van der Waals surface area (Å²) in [5, 5.41) is 7.50. The fraction of sp³-hybridized carbons (Fsp3) is 0.750. The molecule has 0 aromatic carbocycles. The summed E-state index contributed by atoms with van der Waals surface area (Å²) in [5.74, 6) is -1.05. The number of hydrogen-bond donors (Lipinski definition) is 3. The van der Waals surface area contributed by atoms with Crippen molar-refractivity contribution in [1.29, 1.82) is 0 Å². The number of imide groups is 2. The third-order valence-electron chi connectivity index (χ3n) is 4.25. The lowest BCUT2D eigenvalue weighted by atomic mass is 9.90. The van der Waals surface area contributed by atoms with E-state index in [1.165, 1.54) is 0 Å². The molecule has 8 nitrogen and oxygen atoms in total. The van der Waals surface area contributed by atoms with E-state index in [1.54, 1.807) is 20.8 Å². The predicted molar refractivity (Wildman–Crippen MR) is 87.1 cm³/mol. The first-order valence-corrected chi connectivity index (χ1v) is 8.39. The van der Waals surface area contributed by atoms with Crippen LogP contribution in [0.25, 0.3) is 0 Å². The minimum absolute atomic E-state index is 0.360. The number of nitrogens with zero attached hydrogens (tertiary/aromatic N) is 1. The van der Waals surface area contributed by atoms with Crippen molar-refractivity contribution >= 4 is 23.9 Å². The molecular weight excluding hydrogens is 312 g/mol. The van der Waals surface area contributed by atoms with Crippen LogP contribution in [0.2, 0.25) is 0 Å². The van der Waals surface area contributed by atoms with E-state index in [0.717, 1.165) is 30.6 Å². The lowest BCUT2D eigenvalue weighted by Gasteiger charge is -2.24. The Labute approximate surface area is 141 Å². The van der Waals surface area contributed by atoms with Gasteiger partial charge in [-0.15, -0.1) is 0 Å². The van der Waals surface area contributed by atoms with Crippen LogP contribution in [0.4, 0.5) is 9.59 Å². The average Bonchev–Trinajstić information content (AvgIpc) is 2.62. The lowest BCUT2D eigenvalue weighted by Crippen LogP contribution is -2.51. The molecule has 0 bridgehead atoms. The molecule has 3 N–H and O–H groups in total. The van der Waals surface area contributed by atoms with Crippen LogP contribution in [-0.4, -0.2) is 46.4 Å². The summed E-state index contributed by atoms with van der Waals surface area (Å²) < 4.78 is 0. The first-order valence-electron chi connectivity index (χ1n) is 8.39. The van der Waals surface area contributed by atoms with Gasteiger partial charge in [-0.05, 0) is 33.6 Å². The zero-order valence-electron chi connectivity index (χ0n) is 14.5. The van der Waals surface area contributed by atoms with E-state index in [1.807, 2.05) is 0 Å². The Morgan fingerprint density at radius 2 is 1.71 bits per heavy atom. The molecule has 2 rings (SSSR count). The van der Waals surface area contributed by atoms with Crippen molar-refractivity contribution in [3.8, 4) is 0 Å². The van der Waals surface area contributed by atoms with Crippen LogP contribution >= 0.6 is 0 Å². The number of rotatable bonds is 2. The number of carbonyl (C=O) groups is 4. The molecule has 1 spiro atoms. The van der Waals surface area contributed by atoms with Gasteiger partial charge in [0.2, 0.25) is 5.91 Å². The summed E-state index contributed by atoms with van der Waals surface area (Å²) in [6.07, 6.45) is 5.03. The Morgan fingerprint density at radius 1 is 1.12 bits per heavy atom. The molecule has 2 aliphatic rings. The molecule has 134 valence electrons.